The van der Waals surface area contributed by atoms with E-state index in [0.717, 1.165) is 48.2 Å². The Morgan fingerprint density at radius 2 is 1.88 bits per heavy atom. The molecule has 0 unspecified atom stereocenters. The molecule has 52 heavy (non-hydrogen) atoms. The van der Waals surface area contributed by atoms with Crippen LogP contribution in [0.25, 0.3) is 11.1 Å². The summed E-state index contributed by atoms with van der Waals surface area (Å²) in [6.07, 6.45) is 6.58. The van der Waals surface area contributed by atoms with Crippen LogP contribution < -0.4 is 19.5 Å². The van der Waals surface area contributed by atoms with Crippen LogP contribution in [-0.2, 0) is 24.4 Å². The van der Waals surface area contributed by atoms with Crippen molar-refractivity contribution in [2.24, 2.45) is 5.92 Å². The van der Waals surface area contributed by atoms with Gasteiger partial charge in [-0.1, -0.05) is 53.5 Å². The molecule has 0 spiro atoms. The number of aliphatic carboxylic acids is 1. The first-order chi connectivity index (χ1) is 25.1. The normalized spacial score (nSPS) is 18.2. The number of aromatic nitrogens is 1. The second-order valence-electron chi connectivity index (χ2n) is 13.7. The lowest BCUT2D eigenvalue weighted by Crippen LogP contribution is -2.52. The number of piperidine rings is 1. The Morgan fingerprint density at radius 3 is 2.65 bits per heavy atom. The Balaban J connectivity index is 1.24. The Hall–Kier alpha value is -4.37. The summed E-state index contributed by atoms with van der Waals surface area (Å²) in [6.45, 7) is 3.66. The van der Waals surface area contributed by atoms with E-state index in [1.54, 1.807) is 24.4 Å². The van der Waals surface area contributed by atoms with Crippen molar-refractivity contribution in [2.75, 3.05) is 33.4 Å². The fraction of sp³-hybridized carbons (Fsp3) is 0.375. The predicted molar refractivity (Wildman–Crippen MR) is 199 cm³/mol. The van der Waals surface area contributed by atoms with Crippen molar-refractivity contribution in [3.8, 4) is 34.4 Å². The number of nitrogens with one attached hydrogen (secondary N) is 1. The summed E-state index contributed by atoms with van der Waals surface area (Å²) in [5.41, 5.74) is 4.18. The number of carboxylic acid groups (broad SMARTS) is 1. The molecule has 1 saturated heterocycles. The van der Waals surface area contributed by atoms with Crippen molar-refractivity contribution < 1.29 is 29.2 Å². The molecule has 272 valence electrons. The van der Waals surface area contributed by atoms with Crippen molar-refractivity contribution in [1.82, 2.24) is 15.2 Å². The third-order valence-electron chi connectivity index (χ3n) is 9.83. The Kier molecular flexibility index (Phi) is 11.9. The second kappa shape index (κ2) is 16.5. The molecule has 2 aliphatic rings. The van der Waals surface area contributed by atoms with Gasteiger partial charge in [0.25, 0.3) is 0 Å². The number of carboxylic acids is 1. The van der Waals surface area contributed by atoms with Crippen LogP contribution in [0.15, 0.2) is 67.0 Å². The molecule has 0 saturated carbocycles. The van der Waals surface area contributed by atoms with Gasteiger partial charge >= 0.3 is 5.97 Å². The number of aliphatic hydroxyl groups excluding tert-OH is 1. The van der Waals surface area contributed by atoms with Crippen LogP contribution in [0.4, 0.5) is 0 Å². The van der Waals surface area contributed by atoms with Crippen LogP contribution in [0.3, 0.4) is 0 Å². The number of rotatable bonds is 14. The molecular formula is C40H42Cl2N4O6. The standard InChI is InChI=1S/C40H42Cl2N4O6/c1-40(24-47,39(48)49)45-20-28-15-33(41)37(16-36(28)51-23-27-14-26(17-43)18-44-19-27)52-34-12-11-30-29(7-3-8-31(30)34)32-9-4-10-35(38(32)42)50-22-25-6-5-13-46(2)21-25/h3-4,7-10,14-16,18-19,25,34,45,47H,5-6,11-13,20-24H2,1-2H3,(H,48,49)/t25-,34+,40-/m1/s1. The average Bonchev–Trinajstić information content (AvgIpc) is 3.56. The second-order valence-corrected chi connectivity index (χ2v) is 14.5. The van der Waals surface area contributed by atoms with E-state index in [4.69, 9.17) is 37.4 Å². The van der Waals surface area contributed by atoms with E-state index >= 15 is 0 Å². The predicted octanol–water partition coefficient (Wildman–Crippen LogP) is 7.22. The number of pyridine rings is 1. The summed E-state index contributed by atoms with van der Waals surface area (Å²) in [4.78, 5) is 18.3. The van der Waals surface area contributed by atoms with Crippen LogP contribution in [0.5, 0.6) is 17.2 Å². The number of hydrogen-bond acceptors (Lipinski definition) is 9. The summed E-state index contributed by atoms with van der Waals surface area (Å²) in [5.74, 6) is 0.753. The zero-order valence-electron chi connectivity index (χ0n) is 29.2. The molecule has 12 heteroatoms. The molecule has 3 aromatic carbocycles. The maximum atomic E-state index is 11.8. The molecule has 1 aromatic heterocycles. The highest BCUT2D eigenvalue weighted by atomic mass is 35.5. The van der Waals surface area contributed by atoms with E-state index in [1.807, 2.05) is 24.3 Å². The molecule has 1 aliphatic carbocycles. The maximum Gasteiger partial charge on any atom is 0.326 e. The van der Waals surface area contributed by atoms with Crippen LogP contribution in [0.2, 0.25) is 10.0 Å². The van der Waals surface area contributed by atoms with Gasteiger partial charge in [-0.3, -0.25) is 15.1 Å². The molecular weight excluding hydrogens is 703 g/mol. The number of aliphatic hydroxyl groups is 1. The SMILES string of the molecule is CN1CCC[C@@H](COc2cccc(-c3cccc4c3CC[C@@H]4Oc3cc(OCc4cncc(C#N)c4)c(CN[C@](C)(CO)C(=O)O)cc3Cl)c2Cl)C1. The van der Waals surface area contributed by atoms with E-state index in [2.05, 4.69) is 40.5 Å². The van der Waals surface area contributed by atoms with Crippen molar-refractivity contribution in [1.29, 1.82) is 5.26 Å². The number of nitrogens with zero attached hydrogens (tertiary/aromatic N) is 3. The van der Waals surface area contributed by atoms with Crippen LogP contribution >= 0.6 is 23.2 Å². The Morgan fingerprint density at radius 1 is 1.08 bits per heavy atom. The summed E-state index contributed by atoms with van der Waals surface area (Å²) < 4.78 is 19.1. The van der Waals surface area contributed by atoms with Crippen molar-refractivity contribution >= 4 is 29.2 Å². The van der Waals surface area contributed by atoms with Gasteiger partial charge in [-0.05, 0) is 81.1 Å². The van der Waals surface area contributed by atoms with Gasteiger partial charge in [0.15, 0.2) is 0 Å². The number of fused-ring (bicyclic) bond motifs is 1. The zero-order valence-corrected chi connectivity index (χ0v) is 30.7. The third kappa shape index (κ3) is 8.46. The fourth-order valence-corrected chi connectivity index (χ4v) is 7.32. The maximum absolute atomic E-state index is 11.8. The van der Waals surface area contributed by atoms with Gasteiger partial charge in [-0.15, -0.1) is 0 Å². The molecule has 6 rings (SSSR count). The lowest BCUT2D eigenvalue weighted by atomic mass is 9.96. The summed E-state index contributed by atoms with van der Waals surface area (Å²) in [6, 6.07) is 19.2. The first-order valence-electron chi connectivity index (χ1n) is 17.4. The van der Waals surface area contributed by atoms with Gasteiger partial charge in [-0.25, -0.2) is 0 Å². The van der Waals surface area contributed by atoms with E-state index < -0.39 is 18.1 Å². The highest BCUT2D eigenvalue weighted by molar-refractivity contribution is 6.35. The monoisotopic (exact) mass is 744 g/mol. The van der Waals surface area contributed by atoms with Gasteiger partial charge < -0.3 is 29.3 Å². The van der Waals surface area contributed by atoms with Crippen LogP contribution in [-0.4, -0.2) is 65.0 Å². The van der Waals surface area contributed by atoms with Gasteiger partial charge in [0.2, 0.25) is 0 Å². The zero-order chi connectivity index (χ0) is 36.8. The molecule has 1 fully saturated rings. The molecule has 0 radical (unpaired) electrons. The summed E-state index contributed by atoms with van der Waals surface area (Å²) in [7, 11) is 2.15. The number of hydrogen-bond donors (Lipinski definition) is 3. The van der Waals surface area contributed by atoms with Crippen molar-refractivity contribution in [3.05, 3.63) is 105 Å². The van der Waals surface area contributed by atoms with Crippen molar-refractivity contribution in [2.45, 2.75) is 57.4 Å². The lowest BCUT2D eigenvalue weighted by Gasteiger charge is -2.29. The quantitative estimate of drug-likeness (QED) is 0.121. The number of ether oxygens (including phenoxy) is 3. The van der Waals surface area contributed by atoms with Gasteiger partial charge in [-0.2, -0.15) is 5.26 Å². The molecule has 3 N–H and O–H groups in total. The fourth-order valence-electron chi connectivity index (χ4n) is 6.81. The highest BCUT2D eigenvalue weighted by Crippen LogP contribution is 2.45. The minimum absolute atomic E-state index is 0.0338. The van der Waals surface area contributed by atoms with Gasteiger partial charge in [0, 0.05) is 54.2 Å². The molecule has 2 heterocycles. The molecule has 4 aromatic rings. The molecule has 3 atom stereocenters. The Bertz CT molecular complexity index is 1970. The summed E-state index contributed by atoms with van der Waals surface area (Å²) in [5, 5.41) is 32.6. The third-order valence-corrected chi connectivity index (χ3v) is 10.5. The first kappa shape index (κ1) is 37.4. The minimum Gasteiger partial charge on any atom is -0.492 e. The highest BCUT2D eigenvalue weighted by Gasteiger charge is 2.33. The number of carbonyl (C=O) groups is 1. The van der Waals surface area contributed by atoms with Crippen molar-refractivity contribution in [3.63, 3.8) is 0 Å². The number of halogens is 2. The number of nitriles is 1. The van der Waals surface area contributed by atoms with Crippen LogP contribution in [0, 0.1) is 17.2 Å². The average molecular weight is 746 g/mol. The van der Waals surface area contributed by atoms with Gasteiger partial charge in [0.1, 0.15) is 41.6 Å². The number of benzene rings is 3. The molecule has 0 bridgehead atoms. The van der Waals surface area contributed by atoms with E-state index in [9.17, 15) is 20.3 Å². The van der Waals surface area contributed by atoms with E-state index in [-0.39, 0.29) is 19.3 Å². The number of likely N-dealkylation sites (tertiary alicyclic amines) is 1. The Labute approximate surface area is 313 Å². The van der Waals surface area contributed by atoms with Crippen LogP contribution in [0.1, 0.15) is 60.1 Å². The topological polar surface area (TPSA) is 137 Å². The van der Waals surface area contributed by atoms with Gasteiger partial charge in [0.05, 0.1) is 28.8 Å². The minimum atomic E-state index is -1.59. The molecule has 10 nitrogen and oxygen atoms in total. The largest absolute Gasteiger partial charge is 0.492 e. The lowest BCUT2D eigenvalue weighted by molar-refractivity contribution is -0.145. The van der Waals surface area contributed by atoms with E-state index in [1.165, 1.54) is 19.5 Å². The first-order valence-corrected chi connectivity index (χ1v) is 18.1. The molecule has 0 amide bonds. The summed E-state index contributed by atoms with van der Waals surface area (Å²) >= 11 is 13.8. The molecule has 1 aliphatic heterocycles. The van der Waals surface area contributed by atoms with E-state index in [0.29, 0.717) is 62.9 Å². The smallest absolute Gasteiger partial charge is 0.326 e.